The highest BCUT2D eigenvalue weighted by molar-refractivity contribution is 8.00. The fourth-order valence-electron chi connectivity index (χ4n) is 1.90. The molecule has 20 heavy (non-hydrogen) atoms. The molecule has 0 aliphatic carbocycles. The third kappa shape index (κ3) is 3.45. The third-order valence-electron chi connectivity index (χ3n) is 2.92. The highest BCUT2D eigenvalue weighted by Gasteiger charge is 2.13. The normalized spacial score (nSPS) is 10.6. The molecule has 0 bridgehead atoms. The Balaban J connectivity index is 2.08. The molecule has 2 aromatic rings. The van der Waals surface area contributed by atoms with Crippen LogP contribution in [0.15, 0.2) is 41.3 Å². The van der Waals surface area contributed by atoms with Gasteiger partial charge in [0.25, 0.3) is 0 Å². The van der Waals surface area contributed by atoms with E-state index < -0.39 is 11.6 Å². The van der Waals surface area contributed by atoms with Crippen LogP contribution in [0.4, 0.5) is 8.78 Å². The lowest BCUT2D eigenvalue weighted by Gasteiger charge is -2.06. The second-order valence-electron chi connectivity index (χ2n) is 4.60. The summed E-state index contributed by atoms with van der Waals surface area (Å²) in [4.78, 5) is 12.9. The molecule has 0 amide bonds. The predicted molar refractivity (Wildman–Crippen MR) is 77.3 cm³/mol. The van der Waals surface area contributed by atoms with Gasteiger partial charge in [0.15, 0.2) is 5.78 Å². The van der Waals surface area contributed by atoms with Crippen molar-refractivity contribution in [2.45, 2.75) is 18.7 Å². The Bertz CT molecular complexity index is 653. The summed E-state index contributed by atoms with van der Waals surface area (Å²) < 4.78 is 26.3. The molecular weight excluding hydrogens is 278 g/mol. The van der Waals surface area contributed by atoms with E-state index in [-0.39, 0.29) is 17.1 Å². The summed E-state index contributed by atoms with van der Waals surface area (Å²) in [6, 6.07) is 8.97. The molecule has 0 unspecified atom stereocenters. The van der Waals surface area contributed by atoms with E-state index in [0.717, 1.165) is 28.2 Å². The second-order valence-corrected chi connectivity index (χ2v) is 5.62. The Morgan fingerprint density at radius 3 is 2.50 bits per heavy atom. The molecule has 0 radical (unpaired) electrons. The molecule has 1 nitrogen and oxygen atoms in total. The van der Waals surface area contributed by atoms with E-state index in [2.05, 4.69) is 0 Å². The summed E-state index contributed by atoms with van der Waals surface area (Å²) in [7, 11) is 0. The molecule has 0 heterocycles. The van der Waals surface area contributed by atoms with Gasteiger partial charge >= 0.3 is 0 Å². The summed E-state index contributed by atoms with van der Waals surface area (Å²) >= 11 is 1.36. The van der Waals surface area contributed by atoms with Gasteiger partial charge in [0, 0.05) is 11.0 Å². The number of hydrogen-bond donors (Lipinski definition) is 0. The van der Waals surface area contributed by atoms with E-state index in [1.165, 1.54) is 17.8 Å². The molecule has 2 rings (SSSR count). The molecule has 0 aliphatic rings. The van der Waals surface area contributed by atoms with Gasteiger partial charge in [-0.15, -0.1) is 11.8 Å². The predicted octanol–water partition coefficient (Wildman–Crippen LogP) is 4.56. The van der Waals surface area contributed by atoms with Crippen molar-refractivity contribution in [2.24, 2.45) is 0 Å². The maximum absolute atomic E-state index is 13.5. The van der Waals surface area contributed by atoms with Crippen molar-refractivity contribution in [3.63, 3.8) is 0 Å². The molecule has 0 aromatic heterocycles. The van der Waals surface area contributed by atoms with Crippen molar-refractivity contribution in [1.82, 2.24) is 0 Å². The quantitative estimate of drug-likeness (QED) is 0.607. The van der Waals surface area contributed by atoms with Crippen LogP contribution in [0.25, 0.3) is 0 Å². The van der Waals surface area contributed by atoms with Gasteiger partial charge in [0.1, 0.15) is 11.6 Å². The molecule has 0 spiro atoms. The summed E-state index contributed by atoms with van der Waals surface area (Å²) in [5, 5.41) is 0. The Labute approximate surface area is 121 Å². The average Bonchev–Trinajstić information content (AvgIpc) is 2.37. The Kier molecular flexibility index (Phi) is 4.55. The van der Waals surface area contributed by atoms with Crippen LogP contribution in [0, 0.1) is 25.5 Å². The summed E-state index contributed by atoms with van der Waals surface area (Å²) in [6.07, 6.45) is 0. The van der Waals surface area contributed by atoms with Gasteiger partial charge in [-0.05, 0) is 37.6 Å². The fraction of sp³-hybridized carbons (Fsp3) is 0.188. The molecule has 4 heteroatoms. The van der Waals surface area contributed by atoms with Gasteiger partial charge in [0.2, 0.25) is 0 Å². The van der Waals surface area contributed by atoms with E-state index in [9.17, 15) is 13.6 Å². The van der Waals surface area contributed by atoms with Gasteiger partial charge in [-0.3, -0.25) is 4.79 Å². The number of carbonyl (C=O) groups is 1. The summed E-state index contributed by atoms with van der Waals surface area (Å²) in [5.74, 6) is -1.70. The topological polar surface area (TPSA) is 17.1 Å². The second kappa shape index (κ2) is 6.18. The maximum Gasteiger partial charge on any atom is 0.176 e. The first-order valence-electron chi connectivity index (χ1n) is 6.15. The van der Waals surface area contributed by atoms with Crippen molar-refractivity contribution in [1.29, 1.82) is 0 Å². The van der Waals surface area contributed by atoms with Gasteiger partial charge < -0.3 is 0 Å². The van der Waals surface area contributed by atoms with Gasteiger partial charge in [-0.2, -0.15) is 0 Å². The zero-order valence-corrected chi connectivity index (χ0v) is 12.1. The van der Waals surface area contributed by atoms with Crippen LogP contribution in [-0.2, 0) is 0 Å². The number of halogens is 2. The SMILES string of the molecule is Cc1ccc(SCC(=O)c2ccc(F)cc2F)c(C)c1. The zero-order valence-electron chi connectivity index (χ0n) is 11.2. The minimum atomic E-state index is -0.809. The Morgan fingerprint density at radius 1 is 1.10 bits per heavy atom. The number of carbonyl (C=O) groups excluding carboxylic acids is 1. The first kappa shape index (κ1) is 14.7. The number of benzene rings is 2. The summed E-state index contributed by atoms with van der Waals surface area (Å²) in [5.41, 5.74) is 2.17. The van der Waals surface area contributed by atoms with Crippen molar-refractivity contribution < 1.29 is 13.6 Å². The number of rotatable bonds is 4. The number of thioether (sulfide) groups is 1. The smallest absolute Gasteiger partial charge is 0.176 e. The highest BCUT2D eigenvalue weighted by Crippen LogP contribution is 2.24. The molecular formula is C16H14F2OS. The summed E-state index contributed by atoms with van der Waals surface area (Å²) in [6.45, 7) is 3.97. The highest BCUT2D eigenvalue weighted by atomic mass is 32.2. The monoisotopic (exact) mass is 292 g/mol. The largest absolute Gasteiger partial charge is 0.293 e. The minimum absolute atomic E-state index is 0.0661. The van der Waals surface area contributed by atoms with Crippen molar-refractivity contribution in [3.8, 4) is 0 Å². The van der Waals surface area contributed by atoms with Crippen LogP contribution in [0.1, 0.15) is 21.5 Å². The molecule has 0 fully saturated rings. The van der Waals surface area contributed by atoms with Crippen LogP contribution >= 0.6 is 11.8 Å². The molecule has 104 valence electrons. The fourth-order valence-corrected chi connectivity index (χ4v) is 2.79. The zero-order chi connectivity index (χ0) is 14.7. The van der Waals surface area contributed by atoms with Gasteiger partial charge in [-0.25, -0.2) is 8.78 Å². The van der Waals surface area contributed by atoms with Crippen LogP contribution in [0.5, 0.6) is 0 Å². The first-order chi connectivity index (χ1) is 9.47. The number of ketones is 1. The van der Waals surface area contributed by atoms with E-state index in [0.29, 0.717) is 0 Å². The van der Waals surface area contributed by atoms with Crippen molar-refractivity contribution >= 4 is 17.5 Å². The van der Waals surface area contributed by atoms with Gasteiger partial charge in [0.05, 0.1) is 11.3 Å². The van der Waals surface area contributed by atoms with Crippen molar-refractivity contribution in [2.75, 3.05) is 5.75 Å². The Morgan fingerprint density at radius 2 is 1.85 bits per heavy atom. The van der Waals surface area contributed by atoms with Gasteiger partial charge in [-0.1, -0.05) is 17.7 Å². The van der Waals surface area contributed by atoms with Crippen LogP contribution in [0.3, 0.4) is 0 Å². The third-order valence-corrected chi connectivity index (χ3v) is 4.10. The molecule has 2 aromatic carbocycles. The minimum Gasteiger partial charge on any atom is -0.293 e. The van der Waals surface area contributed by atoms with E-state index in [4.69, 9.17) is 0 Å². The maximum atomic E-state index is 13.5. The molecule has 0 aliphatic heterocycles. The first-order valence-corrected chi connectivity index (χ1v) is 7.14. The van der Waals surface area contributed by atoms with E-state index in [1.807, 2.05) is 32.0 Å². The molecule has 0 atom stereocenters. The number of hydrogen-bond acceptors (Lipinski definition) is 2. The standard InChI is InChI=1S/C16H14F2OS/c1-10-3-6-16(11(2)7-10)20-9-15(19)13-5-4-12(17)8-14(13)18/h3-8H,9H2,1-2H3. The lowest BCUT2D eigenvalue weighted by atomic mass is 10.1. The number of Topliss-reactive ketones (excluding diaryl/α,β-unsaturated/α-hetero) is 1. The molecule has 0 saturated heterocycles. The van der Waals surface area contributed by atoms with E-state index >= 15 is 0 Å². The van der Waals surface area contributed by atoms with E-state index in [1.54, 1.807) is 0 Å². The van der Waals surface area contributed by atoms with Crippen LogP contribution in [-0.4, -0.2) is 11.5 Å². The average molecular weight is 292 g/mol. The van der Waals surface area contributed by atoms with Crippen LogP contribution in [0.2, 0.25) is 0 Å². The molecule has 0 saturated carbocycles. The Hall–Kier alpha value is -1.68. The number of aryl methyl sites for hydroxylation is 2. The van der Waals surface area contributed by atoms with Crippen molar-refractivity contribution in [3.05, 3.63) is 64.7 Å². The lowest BCUT2D eigenvalue weighted by Crippen LogP contribution is -2.05. The lowest BCUT2D eigenvalue weighted by molar-refractivity contribution is 0.101. The molecule has 0 N–H and O–H groups in total. The van der Waals surface area contributed by atoms with Crippen LogP contribution < -0.4 is 0 Å².